The topological polar surface area (TPSA) is 79.0 Å². The van der Waals surface area contributed by atoms with Gasteiger partial charge < -0.3 is 0 Å². The number of rotatable bonds is 3. The number of hydrogen-bond donors (Lipinski definition) is 1. The van der Waals surface area contributed by atoms with Gasteiger partial charge in [0.05, 0.1) is 13.1 Å². The number of hydroxylamine groups is 1. The molecule has 0 aliphatic carbocycles. The van der Waals surface area contributed by atoms with E-state index < -0.39 is 11.9 Å². The number of benzene rings is 1. The smallest absolute Gasteiger partial charge is 0.269 e. The molecule has 110 valence electrons. The second-order valence-corrected chi connectivity index (χ2v) is 5.08. The third-order valence-electron chi connectivity index (χ3n) is 3.53. The van der Waals surface area contributed by atoms with Crippen LogP contribution in [0.3, 0.4) is 0 Å². The average molecular weight is 289 g/mol. The molecule has 2 saturated heterocycles. The van der Waals surface area contributed by atoms with Crippen LogP contribution in [-0.2, 0) is 25.8 Å². The summed E-state index contributed by atoms with van der Waals surface area (Å²) < 4.78 is 0. The summed E-state index contributed by atoms with van der Waals surface area (Å²) >= 11 is 0. The lowest BCUT2D eigenvalue weighted by atomic mass is 10.1. The first-order valence-corrected chi connectivity index (χ1v) is 6.68. The maximum absolute atomic E-state index is 12.2. The third kappa shape index (κ3) is 2.79. The second-order valence-electron chi connectivity index (χ2n) is 5.08. The molecular formula is C14H15N3O4. The molecule has 1 atom stereocenters. The Labute approximate surface area is 121 Å². The number of nitrogens with zero attached hydrogens (tertiary/aromatic N) is 2. The number of imide groups is 1. The Morgan fingerprint density at radius 1 is 1.10 bits per heavy atom. The summed E-state index contributed by atoms with van der Waals surface area (Å²) in [5, 5.41) is 0. The summed E-state index contributed by atoms with van der Waals surface area (Å²) in [6, 6.07) is 8.78. The number of carbonyl (C=O) groups excluding carboxylic acids is 3. The molecule has 7 heteroatoms. The fraction of sp³-hybridized carbons (Fsp3) is 0.357. The standard InChI is InChI=1S/C14H15N3O4/c18-12-7-16(6-10-4-2-1-3-5-10)8-13(19)17(12)11-9-21-15-14(11)20/h1-5,11H,6-9H2,(H,15,20). The molecule has 2 heterocycles. The van der Waals surface area contributed by atoms with Gasteiger partial charge in [0.1, 0.15) is 12.6 Å². The van der Waals surface area contributed by atoms with E-state index in [1.165, 1.54) is 0 Å². The van der Waals surface area contributed by atoms with Gasteiger partial charge in [0.25, 0.3) is 5.91 Å². The highest BCUT2D eigenvalue weighted by Gasteiger charge is 2.41. The molecule has 0 spiro atoms. The van der Waals surface area contributed by atoms with Crippen LogP contribution >= 0.6 is 0 Å². The maximum atomic E-state index is 12.2. The van der Waals surface area contributed by atoms with Crippen molar-refractivity contribution in [3.63, 3.8) is 0 Å². The molecule has 1 aromatic rings. The van der Waals surface area contributed by atoms with Crippen molar-refractivity contribution in [3.05, 3.63) is 35.9 Å². The van der Waals surface area contributed by atoms with E-state index in [1.54, 1.807) is 4.90 Å². The van der Waals surface area contributed by atoms with Gasteiger partial charge in [-0.3, -0.25) is 29.0 Å². The predicted molar refractivity (Wildman–Crippen MR) is 71.5 cm³/mol. The highest BCUT2D eigenvalue weighted by atomic mass is 16.7. The minimum absolute atomic E-state index is 0.00893. The van der Waals surface area contributed by atoms with Crippen LogP contribution in [0.25, 0.3) is 0 Å². The molecule has 1 N–H and O–H groups in total. The molecule has 2 fully saturated rings. The van der Waals surface area contributed by atoms with Crippen LogP contribution in [0.15, 0.2) is 30.3 Å². The summed E-state index contributed by atoms with van der Waals surface area (Å²) in [6.07, 6.45) is 0. The Bertz CT molecular complexity index is 557. The van der Waals surface area contributed by atoms with Gasteiger partial charge in [0.2, 0.25) is 11.8 Å². The minimum Gasteiger partial charge on any atom is -0.281 e. The zero-order valence-electron chi connectivity index (χ0n) is 11.3. The summed E-state index contributed by atoms with van der Waals surface area (Å²) in [5.74, 6) is -1.19. The Morgan fingerprint density at radius 2 is 1.76 bits per heavy atom. The van der Waals surface area contributed by atoms with Crippen molar-refractivity contribution in [1.29, 1.82) is 0 Å². The van der Waals surface area contributed by atoms with E-state index in [0.717, 1.165) is 10.5 Å². The molecule has 1 unspecified atom stereocenters. The molecule has 3 amide bonds. The molecule has 0 saturated carbocycles. The van der Waals surface area contributed by atoms with Gasteiger partial charge >= 0.3 is 0 Å². The van der Waals surface area contributed by atoms with Crippen LogP contribution < -0.4 is 5.48 Å². The summed E-state index contributed by atoms with van der Waals surface area (Å²) in [4.78, 5) is 43.4. The first kappa shape index (κ1) is 13.7. The van der Waals surface area contributed by atoms with Gasteiger partial charge in [0.15, 0.2) is 0 Å². The fourth-order valence-corrected chi connectivity index (χ4v) is 2.56. The van der Waals surface area contributed by atoms with E-state index in [1.807, 2.05) is 30.3 Å². The highest BCUT2D eigenvalue weighted by Crippen LogP contribution is 2.15. The lowest BCUT2D eigenvalue weighted by Crippen LogP contribution is -2.59. The summed E-state index contributed by atoms with van der Waals surface area (Å²) in [5.41, 5.74) is 3.20. The predicted octanol–water partition coefficient (Wildman–Crippen LogP) is -0.713. The van der Waals surface area contributed by atoms with Gasteiger partial charge in [-0.25, -0.2) is 5.48 Å². The van der Waals surface area contributed by atoms with Crippen molar-refractivity contribution in [3.8, 4) is 0 Å². The number of piperazine rings is 1. The van der Waals surface area contributed by atoms with E-state index in [0.29, 0.717) is 6.54 Å². The Hall–Kier alpha value is -2.25. The average Bonchev–Trinajstić information content (AvgIpc) is 2.85. The van der Waals surface area contributed by atoms with Gasteiger partial charge in [0, 0.05) is 6.54 Å². The number of amides is 3. The molecule has 0 bridgehead atoms. The van der Waals surface area contributed by atoms with Crippen molar-refractivity contribution in [2.24, 2.45) is 0 Å². The van der Waals surface area contributed by atoms with Crippen molar-refractivity contribution in [2.45, 2.75) is 12.6 Å². The quantitative estimate of drug-likeness (QED) is 0.744. The van der Waals surface area contributed by atoms with Crippen molar-refractivity contribution in [2.75, 3.05) is 19.7 Å². The molecule has 0 radical (unpaired) electrons. The van der Waals surface area contributed by atoms with E-state index in [4.69, 9.17) is 4.84 Å². The molecule has 2 aliphatic rings. The maximum Gasteiger partial charge on any atom is 0.269 e. The van der Waals surface area contributed by atoms with Crippen molar-refractivity contribution >= 4 is 17.7 Å². The zero-order valence-corrected chi connectivity index (χ0v) is 11.3. The van der Waals surface area contributed by atoms with Crippen molar-refractivity contribution < 1.29 is 19.2 Å². The van der Waals surface area contributed by atoms with Crippen LogP contribution in [0.1, 0.15) is 5.56 Å². The summed E-state index contributed by atoms with van der Waals surface area (Å²) in [6.45, 7) is 0.767. The molecule has 3 rings (SSSR count). The lowest BCUT2D eigenvalue weighted by molar-refractivity contribution is -0.156. The van der Waals surface area contributed by atoms with Crippen LogP contribution in [0.5, 0.6) is 0 Å². The third-order valence-corrected chi connectivity index (χ3v) is 3.53. The van der Waals surface area contributed by atoms with Crippen LogP contribution in [0, 0.1) is 0 Å². The minimum atomic E-state index is -0.844. The van der Waals surface area contributed by atoms with E-state index in [-0.39, 0.29) is 31.5 Å². The Kier molecular flexibility index (Phi) is 3.68. The molecular weight excluding hydrogens is 274 g/mol. The van der Waals surface area contributed by atoms with Gasteiger partial charge in [-0.15, -0.1) is 0 Å². The second kappa shape index (κ2) is 5.63. The van der Waals surface area contributed by atoms with Crippen LogP contribution in [0.4, 0.5) is 0 Å². The van der Waals surface area contributed by atoms with E-state index in [2.05, 4.69) is 5.48 Å². The monoisotopic (exact) mass is 289 g/mol. The number of nitrogens with one attached hydrogen (secondary N) is 1. The zero-order chi connectivity index (χ0) is 14.8. The van der Waals surface area contributed by atoms with E-state index in [9.17, 15) is 14.4 Å². The van der Waals surface area contributed by atoms with Crippen molar-refractivity contribution in [1.82, 2.24) is 15.3 Å². The van der Waals surface area contributed by atoms with Crippen LogP contribution in [-0.4, -0.2) is 53.3 Å². The molecule has 0 aromatic heterocycles. The Balaban J connectivity index is 1.68. The SMILES string of the molecule is O=C1NOCC1N1C(=O)CN(Cc2ccccc2)CC1=O. The Morgan fingerprint density at radius 3 is 2.33 bits per heavy atom. The molecule has 7 nitrogen and oxygen atoms in total. The molecule has 2 aliphatic heterocycles. The number of carbonyl (C=O) groups is 3. The van der Waals surface area contributed by atoms with Gasteiger partial charge in [-0.05, 0) is 5.56 Å². The highest BCUT2D eigenvalue weighted by molar-refractivity contribution is 6.03. The van der Waals surface area contributed by atoms with Gasteiger partial charge in [-0.2, -0.15) is 0 Å². The fourth-order valence-electron chi connectivity index (χ4n) is 2.56. The normalized spacial score (nSPS) is 23.5. The lowest BCUT2D eigenvalue weighted by Gasteiger charge is -2.34. The first-order valence-electron chi connectivity index (χ1n) is 6.68. The van der Waals surface area contributed by atoms with Crippen LogP contribution in [0.2, 0.25) is 0 Å². The van der Waals surface area contributed by atoms with Gasteiger partial charge in [-0.1, -0.05) is 30.3 Å². The largest absolute Gasteiger partial charge is 0.281 e. The van der Waals surface area contributed by atoms with E-state index >= 15 is 0 Å². The molecule has 1 aromatic carbocycles. The first-order chi connectivity index (χ1) is 10.1. The molecule has 21 heavy (non-hydrogen) atoms. The summed E-state index contributed by atoms with van der Waals surface area (Å²) in [7, 11) is 0. The number of hydrogen-bond acceptors (Lipinski definition) is 5.